The van der Waals surface area contributed by atoms with E-state index in [2.05, 4.69) is 10.6 Å². The van der Waals surface area contributed by atoms with Gasteiger partial charge >= 0.3 is 0 Å². The van der Waals surface area contributed by atoms with E-state index >= 15 is 4.79 Å². The summed E-state index contributed by atoms with van der Waals surface area (Å²) in [4.78, 5) is 15.6. The summed E-state index contributed by atoms with van der Waals surface area (Å²) in [5.41, 5.74) is 3.06. The average molecular weight is 685 g/mol. The molecule has 6 atom stereocenters. The van der Waals surface area contributed by atoms with E-state index in [4.69, 9.17) is 37.9 Å². The lowest BCUT2D eigenvalue weighted by molar-refractivity contribution is -0.139. The predicted molar refractivity (Wildman–Crippen MR) is 187 cm³/mol. The number of para-hydroxylation sites is 4. The van der Waals surface area contributed by atoms with E-state index in [1.165, 1.54) is 0 Å². The van der Waals surface area contributed by atoms with Gasteiger partial charge in [0.05, 0.1) is 68.7 Å². The number of carbonyl (C=O) groups excluding carboxylic acids is 1. The predicted octanol–water partition coefficient (Wildman–Crippen LogP) is 6.03. The molecule has 11 nitrogen and oxygen atoms in total. The van der Waals surface area contributed by atoms with Crippen LogP contribution in [-0.2, 0) is 4.79 Å². The summed E-state index contributed by atoms with van der Waals surface area (Å²) in [6.45, 7) is 0. The third kappa shape index (κ3) is 5.70. The topological polar surface area (TPSA) is 115 Å². The molecule has 2 aliphatic rings. The number of benzene rings is 4. The highest BCUT2D eigenvalue weighted by molar-refractivity contribution is 5.90. The minimum atomic E-state index is -0.650. The first-order valence-corrected chi connectivity index (χ1v) is 16.3. The van der Waals surface area contributed by atoms with Crippen LogP contribution in [0.4, 0.5) is 0 Å². The van der Waals surface area contributed by atoms with Gasteiger partial charge in [-0.05, 0) is 24.3 Å². The Morgan fingerprint density at radius 1 is 0.380 bits per heavy atom. The molecule has 4 aromatic rings. The molecule has 0 saturated carbocycles. The molecule has 264 valence electrons. The molecule has 0 aromatic heterocycles. The fraction of sp³-hybridized carbons (Fsp3) is 0.359. The molecular weight excluding hydrogens is 640 g/mol. The number of hydrogen-bond donors (Lipinski definition) is 2. The van der Waals surface area contributed by atoms with Gasteiger partial charge < -0.3 is 48.5 Å². The Balaban J connectivity index is 1.66. The third-order valence-corrected chi connectivity index (χ3v) is 9.89. The number of piperidine rings is 2. The number of Topliss-reactive ketones (excluding diaryl/α,β-unsaturated/α-hetero) is 1. The lowest BCUT2D eigenvalue weighted by atomic mass is 9.63. The second-order valence-electron chi connectivity index (χ2n) is 12.0. The molecule has 2 unspecified atom stereocenters. The molecule has 2 fully saturated rings. The van der Waals surface area contributed by atoms with Crippen LogP contribution in [-0.4, -0.2) is 62.7 Å². The zero-order valence-electron chi connectivity index (χ0n) is 29.6. The molecule has 2 aliphatic heterocycles. The number of hydrogen-bond acceptors (Lipinski definition) is 11. The number of rotatable bonds is 12. The number of carbonyl (C=O) groups is 1. The maximum Gasteiger partial charge on any atom is 0.165 e. The van der Waals surface area contributed by atoms with Crippen LogP contribution in [0.15, 0.2) is 72.8 Å². The van der Waals surface area contributed by atoms with Gasteiger partial charge in [-0.3, -0.25) is 4.79 Å². The van der Waals surface area contributed by atoms with E-state index < -0.39 is 36.0 Å². The van der Waals surface area contributed by atoms with Crippen molar-refractivity contribution in [3.8, 4) is 46.0 Å². The van der Waals surface area contributed by atoms with Crippen molar-refractivity contribution in [1.82, 2.24) is 10.6 Å². The molecule has 2 N–H and O–H groups in total. The fourth-order valence-corrected chi connectivity index (χ4v) is 7.83. The number of ether oxygens (including phenoxy) is 8. The third-order valence-electron chi connectivity index (χ3n) is 9.89. The first kappa shape index (κ1) is 34.7. The number of methoxy groups -OCH3 is 8. The quantitative estimate of drug-likeness (QED) is 0.182. The van der Waals surface area contributed by atoms with Gasteiger partial charge in [0.2, 0.25) is 0 Å². The van der Waals surface area contributed by atoms with Gasteiger partial charge in [-0.15, -0.1) is 0 Å². The molecule has 2 saturated heterocycles. The second-order valence-corrected chi connectivity index (χ2v) is 12.0. The SMILES string of the molecule is COc1cccc([C@H]2N[C@@H](c3cccc(OC)c3OC)C3C(=O)C2[C@H](c2cccc(OC)c2OC)N[C@H]3c2cccc(OC)c2OC)c1OC. The highest BCUT2D eigenvalue weighted by atomic mass is 16.5. The van der Waals surface area contributed by atoms with Gasteiger partial charge in [0.1, 0.15) is 5.78 Å². The van der Waals surface area contributed by atoms with Gasteiger partial charge in [0, 0.05) is 46.4 Å². The van der Waals surface area contributed by atoms with Gasteiger partial charge in [0.25, 0.3) is 0 Å². The normalized spacial score (nSPS) is 22.7. The molecule has 11 heteroatoms. The summed E-state index contributed by atoms with van der Waals surface area (Å²) in [5, 5.41) is 7.85. The summed E-state index contributed by atoms with van der Waals surface area (Å²) in [6, 6.07) is 20.5. The average Bonchev–Trinajstić information content (AvgIpc) is 3.16. The molecule has 4 aromatic carbocycles. The number of ketones is 1. The Morgan fingerprint density at radius 2 is 0.620 bits per heavy atom. The highest BCUT2D eigenvalue weighted by Crippen LogP contribution is 2.57. The van der Waals surface area contributed by atoms with Gasteiger partial charge in [0.15, 0.2) is 46.0 Å². The minimum Gasteiger partial charge on any atom is -0.493 e. The van der Waals surface area contributed by atoms with Crippen molar-refractivity contribution < 1.29 is 42.7 Å². The van der Waals surface area contributed by atoms with Crippen molar-refractivity contribution in [3.05, 3.63) is 95.1 Å². The van der Waals surface area contributed by atoms with Crippen molar-refractivity contribution in [1.29, 1.82) is 0 Å². The Hall–Kier alpha value is -5.13. The van der Waals surface area contributed by atoms with Crippen LogP contribution < -0.4 is 48.5 Å². The van der Waals surface area contributed by atoms with Crippen molar-refractivity contribution in [2.75, 3.05) is 56.9 Å². The van der Waals surface area contributed by atoms with Gasteiger partial charge in [-0.1, -0.05) is 48.5 Å². The zero-order chi connectivity index (χ0) is 35.5. The number of fused-ring (bicyclic) bond motifs is 2. The molecule has 0 radical (unpaired) electrons. The Bertz CT molecular complexity index is 1590. The fourth-order valence-electron chi connectivity index (χ4n) is 7.83. The zero-order valence-corrected chi connectivity index (χ0v) is 29.6. The molecule has 0 spiro atoms. The maximum atomic E-state index is 15.6. The van der Waals surface area contributed by atoms with Crippen molar-refractivity contribution >= 4 is 5.78 Å². The molecule has 0 aliphatic carbocycles. The Morgan fingerprint density at radius 3 is 0.820 bits per heavy atom. The van der Waals surface area contributed by atoms with Crippen LogP contribution in [0.2, 0.25) is 0 Å². The van der Waals surface area contributed by atoms with Crippen LogP contribution in [0.25, 0.3) is 0 Å². The second kappa shape index (κ2) is 14.8. The lowest BCUT2D eigenvalue weighted by Gasteiger charge is -2.53. The standard InChI is InChI=1S/C39H44N2O9/c1-43-25-17-9-13-21(36(25)47-5)31-29-32(22-14-10-18-26(44-2)37(22)48-6)41-34(24-16-12-20-28(46-4)39(24)50-8)30(35(29)42)33(40-31)23-15-11-19-27(45-3)38(23)49-7/h9-20,29-34,40-41H,1-8H3/t29?,30?,31-,32-,33-,34+/m0/s1. The van der Waals surface area contributed by atoms with E-state index in [0.29, 0.717) is 46.0 Å². The first-order valence-electron chi connectivity index (χ1n) is 16.3. The number of nitrogens with one attached hydrogen (secondary N) is 2. The van der Waals surface area contributed by atoms with Crippen molar-refractivity contribution in [2.45, 2.75) is 24.2 Å². The largest absolute Gasteiger partial charge is 0.493 e. The monoisotopic (exact) mass is 684 g/mol. The molecule has 2 heterocycles. The van der Waals surface area contributed by atoms with Crippen LogP contribution in [0.5, 0.6) is 46.0 Å². The molecule has 50 heavy (non-hydrogen) atoms. The van der Waals surface area contributed by atoms with E-state index in [9.17, 15) is 0 Å². The van der Waals surface area contributed by atoms with Crippen LogP contribution in [0.1, 0.15) is 46.4 Å². The highest BCUT2D eigenvalue weighted by Gasteiger charge is 2.57. The van der Waals surface area contributed by atoms with Crippen LogP contribution in [0, 0.1) is 11.8 Å². The van der Waals surface area contributed by atoms with Gasteiger partial charge in [-0.25, -0.2) is 0 Å². The summed E-state index contributed by atoms with van der Waals surface area (Å²) in [6.07, 6.45) is 0. The van der Waals surface area contributed by atoms with E-state index in [1.807, 2.05) is 72.8 Å². The van der Waals surface area contributed by atoms with Gasteiger partial charge in [-0.2, -0.15) is 0 Å². The smallest absolute Gasteiger partial charge is 0.165 e. The summed E-state index contributed by atoms with van der Waals surface area (Å²) < 4.78 is 46.8. The Labute approximate surface area is 292 Å². The van der Waals surface area contributed by atoms with Crippen molar-refractivity contribution in [3.63, 3.8) is 0 Å². The molecular formula is C39H44N2O9. The van der Waals surface area contributed by atoms with Crippen LogP contribution >= 0.6 is 0 Å². The minimum absolute atomic E-state index is 0.0250. The molecule has 0 amide bonds. The Kier molecular flexibility index (Phi) is 10.3. The van der Waals surface area contributed by atoms with E-state index in [1.54, 1.807) is 56.9 Å². The van der Waals surface area contributed by atoms with Crippen molar-refractivity contribution in [2.24, 2.45) is 11.8 Å². The first-order chi connectivity index (χ1) is 24.4. The summed E-state index contributed by atoms with van der Waals surface area (Å²) in [7, 11) is 12.8. The van der Waals surface area contributed by atoms with Crippen LogP contribution in [0.3, 0.4) is 0 Å². The maximum absolute atomic E-state index is 15.6. The van der Waals surface area contributed by atoms with E-state index in [-0.39, 0.29) is 5.78 Å². The summed E-state index contributed by atoms with van der Waals surface area (Å²) in [5.74, 6) is 3.05. The molecule has 2 bridgehead atoms. The molecule has 6 rings (SSSR count). The summed E-state index contributed by atoms with van der Waals surface area (Å²) >= 11 is 0. The lowest BCUT2D eigenvalue weighted by Crippen LogP contribution is -2.60. The van der Waals surface area contributed by atoms with E-state index in [0.717, 1.165) is 22.3 Å².